The number of thiocarbonyl (C=S) groups is 1. The molecule has 0 spiro atoms. The van der Waals surface area contributed by atoms with Crippen LogP contribution in [0.2, 0.25) is 0 Å². The van der Waals surface area contributed by atoms with Crippen LogP contribution in [0.5, 0.6) is 0 Å². The minimum atomic E-state index is -0.685. The molecule has 0 aromatic heterocycles. The van der Waals surface area contributed by atoms with Gasteiger partial charge < -0.3 is 0 Å². The molecule has 0 aromatic carbocycles. The first-order valence-corrected chi connectivity index (χ1v) is 1.42. The van der Waals surface area contributed by atoms with E-state index in [-0.39, 0.29) is 19.5 Å². The van der Waals surface area contributed by atoms with Crippen molar-refractivity contribution in [2.75, 3.05) is 0 Å². The Balaban J connectivity index is 0. The van der Waals surface area contributed by atoms with Crippen LogP contribution in [0.15, 0.2) is 10.4 Å². The second-order valence-corrected chi connectivity index (χ2v) is 0.830. The van der Waals surface area contributed by atoms with Crippen molar-refractivity contribution in [2.24, 2.45) is 10.4 Å². The summed E-state index contributed by atoms with van der Waals surface area (Å²) in [5.74, 6) is 0. The van der Waals surface area contributed by atoms with Crippen LogP contribution >= 0.6 is 12.2 Å². The van der Waals surface area contributed by atoms with Gasteiger partial charge in [0.1, 0.15) is 0 Å². The van der Waals surface area contributed by atoms with E-state index < -0.39 is 5.11 Å². The Hall–Kier alpha value is -0.0866. The van der Waals surface area contributed by atoms with Gasteiger partial charge in [0.05, 0.1) is 0 Å². The van der Waals surface area contributed by atoms with Gasteiger partial charge >= 0.3 is 5.11 Å². The number of nitroso groups, excluding NO2 is 2. The molecule has 0 bridgehead atoms. The van der Waals surface area contributed by atoms with E-state index in [1.165, 1.54) is 0 Å². The summed E-state index contributed by atoms with van der Waals surface area (Å²) in [6.45, 7) is 0. The molecule has 6 heteroatoms. The van der Waals surface area contributed by atoms with Gasteiger partial charge in [0.15, 0.2) is 0 Å². The predicted octanol–water partition coefficient (Wildman–Crippen LogP) is 0.802. The molecule has 0 saturated carbocycles. The summed E-state index contributed by atoms with van der Waals surface area (Å²) >= 11 is 3.90. The van der Waals surface area contributed by atoms with Crippen LogP contribution in [-0.2, 0) is 19.5 Å². The monoisotopic (exact) mass is 168 g/mol. The number of nitrogens with zero attached hydrogens (tertiary/aromatic N) is 2. The van der Waals surface area contributed by atoms with E-state index in [9.17, 15) is 0 Å². The first-order chi connectivity index (χ1) is 2.81. The van der Waals surface area contributed by atoms with Crippen molar-refractivity contribution in [3.8, 4) is 0 Å². The average molecular weight is 169 g/mol. The maximum absolute atomic E-state index is 9.05. The van der Waals surface area contributed by atoms with Gasteiger partial charge in [-0.3, -0.25) is 0 Å². The number of rotatable bonds is 0. The van der Waals surface area contributed by atoms with Crippen LogP contribution in [0, 0.1) is 9.81 Å². The molecule has 7 heavy (non-hydrogen) atoms. The second-order valence-electron chi connectivity index (χ2n) is 0.465. The van der Waals surface area contributed by atoms with Crippen LogP contribution in [0.25, 0.3) is 0 Å². The Morgan fingerprint density at radius 2 is 1.57 bits per heavy atom. The van der Waals surface area contributed by atoms with Crippen molar-refractivity contribution in [3.63, 3.8) is 0 Å². The largest absolute Gasteiger partial charge is 0.303 e. The SMILES string of the molecule is O=NC(=S)N=O.[Zn]. The molecule has 34 valence electrons. The second kappa shape index (κ2) is 5.91. The summed E-state index contributed by atoms with van der Waals surface area (Å²) in [4.78, 5) is 18.1. The van der Waals surface area contributed by atoms with Crippen molar-refractivity contribution in [3.05, 3.63) is 9.81 Å². The van der Waals surface area contributed by atoms with E-state index in [2.05, 4.69) is 12.2 Å². The standard InChI is InChI=1S/CN2O2S.Zn/c4-2-1(6)3-5;. The van der Waals surface area contributed by atoms with Crippen LogP contribution in [-0.4, -0.2) is 5.11 Å². The van der Waals surface area contributed by atoms with Gasteiger partial charge in [-0.2, -0.15) is 0 Å². The third-order valence-corrected chi connectivity index (χ3v) is 0.305. The molecule has 0 saturated heterocycles. The van der Waals surface area contributed by atoms with E-state index in [1.54, 1.807) is 0 Å². The quantitative estimate of drug-likeness (QED) is 0.306. The van der Waals surface area contributed by atoms with Gasteiger partial charge in [-0.25, -0.2) is 0 Å². The van der Waals surface area contributed by atoms with Crippen LogP contribution in [0.4, 0.5) is 0 Å². The molecular weight excluding hydrogens is 169 g/mol. The number of hydrogen-bond donors (Lipinski definition) is 0. The Kier molecular flexibility index (Phi) is 8.46. The van der Waals surface area contributed by atoms with Crippen LogP contribution in [0.3, 0.4) is 0 Å². The van der Waals surface area contributed by atoms with Gasteiger partial charge in [0.25, 0.3) is 0 Å². The fraction of sp³-hybridized carbons (Fsp3) is 0. The maximum atomic E-state index is 9.05. The summed E-state index contributed by atoms with van der Waals surface area (Å²) < 4.78 is 0. The first-order valence-electron chi connectivity index (χ1n) is 1.02. The molecule has 0 aromatic rings. The zero-order chi connectivity index (χ0) is 4.99. The van der Waals surface area contributed by atoms with Crippen LogP contribution < -0.4 is 0 Å². The average Bonchev–Trinajstić information content (AvgIpc) is 1.65. The molecule has 0 radical (unpaired) electrons. The Labute approximate surface area is 57.4 Å². The summed E-state index contributed by atoms with van der Waals surface area (Å²) in [7, 11) is 0. The summed E-state index contributed by atoms with van der Waals surface area (Å²) in [5, 5.41) is 3.33. The van der Waals surface area contributed by atoms with Gasteiger partial charge in [-0.05, 0) is 12.2 Å². The molecule has 0 aliphatic rings. The van der Waals surface area contributed by atoms with Gasteiger partial charge in [-0.15, -0.1) is 9.81 Å². The number of hydrogen-bond acceptors (Lipinski definition) is 3. The molecule has 0 aliphatic carbocycles. The molecular formula is CN2O2SZn. The van der Waals surface area contributed by atoms with Crippen molar-refractivity contribution < 1.29 is 19.5 Å². The normalized spacial score (nSPS) is 5.71. The molecule has 0 N–H and O–H groups in total. The summed E-state index contributed by atoms with van der Waals surface area (Å²) in [6, 6.07) is 0. The smallest absolute Gasteiger partial charge is 0.142 e. The van der Waals surface area contributed by atoms with Gasteiger partial charge in [-0.1, -0.05) is 0 Å². The zero-order valence-electron chi connectivity index (χ0n) is 3.33. The predicted molar refractivity (Wildman–Crippen MR) is 24.2 cm³/mol. The molecule has 0 fully saturated rings. The Bertz CT molecular complexity index is 83.7. The molecule has 0 aliphatic heterocycles. The van der Waals surface area contributed by atoms with Crippen molar-refractivity contribution in [2.45, 2.75) is 0 Å². The first kappa shape index (κ1) is 10.0. The fourth-order valence-corrected chi connectivity index (χ4v) is 0.0167. The van der Waals surface area contributed by atoms with E-state index >= 15 is 0 Å². The molecule has 0 rings (SSSR count). The van der Waals surface area contributed by atoms with Crippen molar-refractivity contribution in [1.29, 1.82) is 0 Å². The van der Waals surface area contributed by atoms with Crippen molar-refractivity contribution >= 4 is 17.3 Å². The van der Waals surface area contributed by atoms with E-state index in [0.29, 0.717) is 0 Å². The molecule has 0 unspecified atom stereocenters. The summed E-state index contributed by atoms with van der Waals surface area (Å²) in [5.41, 5.74) is 0. The third kappa shape index (κ3) is 5.91. The van der Waals surface area contributed by atoms with E-state index in [0.717, 1.165) is 0 Å². The summed E-state index contributed by atoms with van der Waals surface area (Å²) in [6.07, 6.45) is 0. The topological polar surface area (TPSA) is 58.9 Å². The minimum absolute atomic E-state index is 0. The minimum Gasteiger partial charge on any atom is -0.142 e. The maximum Gasteiger partial charge on any atom is 0.303 e. The Morgan fingerprint density at radius 1 is 1.29 bits per heavy atom. The molecule has 4 nitrogen and oxygen atoms in total. The van der Waals surface area contributed by atoms with E-state index in [1.807, 2.05) is 10.4 Å². The zero-order valence-corrected chi connectivity index (χ0v) is 7.11. The molecule has 0 amide bonds. The van der Waals surface area contributed by atoms with Gasteiger partial charge in [0, 0.05) is 29.8 Å². The molecule has 0 heterocycles. The third-order valence-electron chi connectivity index (χ3n) is 0.156. The van der Waals surface area contributed by atoms with Gasteiger partial charge in [0.2, 0.25) is 0 Å². The fourth-order valence-electron chi connectivity index (χ4n) is 0.0167. The van der Waals surface area contributed by atoms with E-state index in [4.69, 9.17) is 9.81 Å². The molecule has 0 atom stereocenters. The van der Waals surface area contributed by atoms with Crippen molar-refractivity contribution in [1.82, 2.24) is 0 Å². The Morgan fingerprint density at radius 3 is 1.57 bits per heavy atom. The van der Waals surface area contributed by atoms with Crippen LogP contribution in [0.1, 0.15) is 0 Å².